The summed E-state index contributed by atoms with van der Waals surface area (Å²) in [6.45, 7) is 1.34. The van der Waals surface area contributed by atoms with Gasteiger partial charge >= 0.3 is 5.97 Å². The van der Waals surface area contributed by atoms with E-state index in [1.807, 2.05) is 4.57 Å². The minimum atomic E-state index is -1.09. The van der Waals surface area contributed by atoms with E-state index >= 15 is 4.39 Å². The third kappa shape index (κ3) is 6.01. The van der Waals surface area contributed by atoms with E-state index < -0.39 is 17.6 Å². The summed E-state index contributed by atoms with van der Waals surface area (Å²) >= 11 is 9.30. The number of rotatable bonds is 10. The lowest BCUT2D eigenvalue weighted by Crippen LogP contribution is -2.31. The van der Waals surface area contributed by atoms with Crippen molar-refractivity contribution < 1.29 is 37.6 Å². The van der Waals surface area contributed by atoms with Crippen LogP contribution in [-0.4, -0.2) is 52.0 Å². The molecule has 1 atom stereocenters. The van der Waals surface area contributed by atoms with Crippen LogP contribution in [0.5, 0.6) is 17.4 Å². The quantitative estimate of drug-likeness (QED) is 0.159. The highest BCUT2D eigenvalue weighted by molar-refractivity contribution is 9.10. The molecule has 3 aromatic carbocycles. The number of methoxy groups -OCH3 is 1. The number of nitrogens with zero attached hydrogens (tertiary/aromatic N) is 3. The summed E-state index contributed by atoms with van der Waals surface area (Å²) < 4.78 is 56.1. The zero-order valence-corrected chi connectivity index (χ0v) is 27.3. The molecule has 0 amide bonds. The van der Waals surface area contributed by atoms with Crippen LogP contribution in [0, 0.1) is 11.6 Å². The average Bonchev–Trinajstić information content (AvgIpc) is 3.65. The number of pyridine rings is 1. The van der Waals surface area contributed by atoms with Gasteiger partial charge in [-0.1, -0.05) is 17.7 Å². The fourth-order valence-electron chi connectivity index (χ4n) is 5.90. The van der Waals surface area contributed by atoms with Gasteiger partial charge in [0.15, 0.2) is 0 Å². The molecule has 7 rings (SSSR count). The fourth-order valence-corrected chi connectivity index (χ4v) is 6.39. The Hall–Kier alpha value is -4.26. The summed E-state index contributed by atoms with van der Waals surface area (Å²) in [7, 11) is 1.46. The van der Waals surface area contributed by atoms with Gasteiger partial charge in [-0.2, -0.15) is 0 Å². The van der Waals surface area contributed by atoms with Crippen LogP contribution in [0.3, 0.4) is 0 Å². The smallest absolute Gasteiger partial charge is 0.335 e. The van der Waals surface area contributed by atoms with Crippen LogP contribution in [0.2, 0.25) is 5.02 Å². The number of benzene rings is 3. The van der Waals surface area contributed by atoms with Crippen molar-refractivity contribution in [2.75, 3.05) is 20.3 Å². The fraction of sp³-hybridized carbons (Fsp3) is 0.265. The Kier molecular flexibility index (Phi) is 8.50. The van der Waals surface area contributed by atoms with Gasteiger partial charge in [0.25, 0.3) is 0 Å². The van der Waals surface area contributed by atoms with Crippen LogP contribution in [0.25, 0.3) is 22.3 Å². The highest BCUT2D eigenvalue weighted by atomic mass is 79.9. The number of fused-ring (bicyclic) bond motifs is 2. The molecule has 1 fully saturated rings. The molecule has 2 aliphatic rings. The predicted molar refractivity (Wildman–Crippen MR) is 173 cm³/mol. The lowest BCUT2D eigenvalue weighted by molar-refractivity contribution is -0.0589. The molecular formula is C34H27BrClF2N3O6. The van der Waals surface area contributed by atoms with Gasteiger partial charge in [0.2, 0.25) is 5.88 Å². The molecule has 5 aromatic rings. The standard InChI is InChI=1S/C34H27BrClF2N3O6/c1-44-29-11-18(34(42)43)10-28-31(29)40-30(41(28)15-20-6-8-45-20)14-22-21-7-9-46-32(21)23(13-26(22)38)27-5-4-24(35)33(39-27)47-16-17-2-3-19(36)12-25(17)37/h2-5,10-13,20H,6-9,14-16H2,1H3,(H,42,43)/t20-/m0/s1. The average molecular weight is 727 g/mol. The van der Waals surface area contributed by atoms with Crippen LogP contribution < -0.4 is 14.2 Å². The van der Waals surface area contributed by atoms with E-state index in [4.69, 9.17) is 35.5 Å². The Labute approximate surface area is 281 Å². The predicted octanol–water partition coefficient (Wildman–Crippen LogP) is 7.39. The number of aromatic nitrogens is 3. The Morgan fingerprint density at radius 2 is 1.96 bits per heavy atom. The number of halogens is 4. The van der Waals surface area contributed by atoms with E-state index in [1.165, 1.54) is 25.3 Å². The summed E-state index contributed by atoms with van der Waals surface area (Å²) in [6.07, 6.45) is 1.38. The van der Waals surface area contributed by atoms with Gasteiger partial charge < -0.3 is 28.6 Å². The van der Waals surface area contributed by atoms with Gasteiger partial charge in [0, 0.05) is 46.7 Å². The van der Waals surface area contributed by atoms with Crippen LogP contribution in [0.1, 0.15) is 39.3 Å². The Morgan fingerprint density at radius 1 is 1.13 bits per heavy atom. The van der Waals surface area contributed by atoms with Crippen molar-refractivity contribution in [3.8, 4) is 28.6 Å². The minimum Gasteiger partial charge on any atom is -0.494 e. The zero-order chi connectivity index (χ0) is 32.8. The summed E-state index contributed by atoms with van der Waals surface area (Å²) in [4.78, 5) is 21.3. The SMILES string of the molecule is COc1cc(C(=O)O)cc2c1nc(Cc1c(F)cc(-c3ccc(Br)c(OCc4ccc(Cl)cc4F)n3)c3c1CCO3)n2C[C@@H]1CCO1. The van der Waals surface area contributed by atoms with Crippen LogP contribution in [0.15, 0.2) is 53.0 Å². The summed E-state index contributed by atoms with van der Waals surface area (Å²) in [5, 5.41) is 10.0. The zero-order valence-electron chi connectivity index (χ0n) is 25.0. The molecule has 9 nitrogen and oxygen atoms in total. The second kappa shape index (κ2) is 12.7. The Morgan fingerprint density at radius 3 is 2.68 bits per heavy atom. The number of ether oxygens (including phenoxy) is 4. The van der Waals surface area contributed by atoms with Crippen molar-refractivity contribution in [1.82, 2.24) is 14.5 Å². The molecule has 0 radical (unpaired) electrons. The first-order valence-electron chi connectivity index (χ1n) is 14.8. The lowest BCUT2D eigenvalue weighted by atomic mass is 9.96. The largest absolute Gasteiger partial charge is 0.494 e. The summed E-state index contributed by atoms with van der Waals surface area (Å²) in [5.41, 5.74) is 3.43. The van der Waals surface area contributed by atoms with E-state index in [0.29, 0.717) is 87.0 Å². The van der Waals surface area contributed by atoms with E-state index in [1.54, 1.807) is 30.3 Å². The lowest BCUT2D eigenvalue weighted by Gasteiger charge is -2.27. The molecule has 1 saturated heterocycles. The molecule has 0 bridgehead atoms. The second-order valence-electron chi connectivity index (χ2n) is 11.2. The van der Waals surface area contributed by atoms with Crippen molar-refractivity contribution in [2.45, 2.75) is 38.5 Å². The van der Waals surface area contributed by atoms with Crippen molar-refractivity contribution in [3.63, 3.8) is 0 Å². The first-order chi connectivity index (χ1) is 22.7. The molecule has 4 heterocycles. The molecule has 47 heavy (non-hydrogen) atoms. The third-order valence-corrected chi connectivity index (χ3v) is 9.23. The number of carbonyl (C=O) groups is 1. The first kappa shape index (κ1) is 31.3. The van der Waals surface area contributed by atoms with E-state index in [0.717, 1.165) is 6.42 Å². The van der Waals surface area contributed by atoms with E-state index in [9.17, 15) is 14.3 Å². The molecule has 242 valence electrons. The molecule has 0 unspecified atom stereocenters. The number of carboxylic acid groups (broad SMARTS) is 1. The third-order valence-electron chi connectivity index (χ3n) is 8.39. The number of imidazole rings is 1. The van der Waals surface area contributed by atoms with Crippen LogP contribution in [0.4, 0.5) is 8.78 Å². The highest BCUT2D eigenvalue weighted by Gasteiger charge is 2.29. The Balaban J connectivity index is 1.25. The number of hydrogen-bond acceptors (Lipinski definition) is 7. The maximum atomic E-state index is 16.2. The summed E-state index contributed by atoms with van der Waals surface area (Å²) in [5.74, 6) is -0.472. The van der Waals surface area contributed by atoms with Gasteiger partial charge in [0.1, 0.15) is 41.1 Å². The molecule has 0 saturated carbocycles. The number of hydrogen-bond donors (Lipinski definition) is 1. The second-order valence-corrected chi connectivity index (χ2v) is 12.5. The van der Waals surface area contributed by atoms with Gasteiger partial charge in [-0.3, -0.25) is 0 Å². The number of aromatic carboxylic acids is 1. The maximum absolute atomic E-state index is 16.2. The van der Waals surface area contributed by atoms with Crippen LogP contribution >= 0.6 is 27.5 Å². The van der Waals surface area contributed by atoms with Crippen molar-refractivity contribution in [3.05, 3.63) is 97.7 Å². The monoisotopic (exact) mass is 725 g/mol. The van der Waals surface area contributed by atoms with Gasteiger partial charge in [-0.05, 0) is 64.8 Å². The van der Waals surface area contributed by atoms with Gasteiger partial charge in [0.05, 0.1) is 47.6 Å². The van der Waals surface area contributed by atoms with Crippen molar-refractivity contribution in [2.24, 2.45) is 0 Å². The molecule has 2 aliphatic heterocycles. The van der Waals surface area contributed by atoms with E-state index in [-0.39, 0.29) is 35.6 Å². The molecule has 0 spiro atoms. The molecule has 0 aliphatic carbocycles. The number of carboxylic acids is 1. The molecule has 13 heteroatoms. The Bertz CT molecular complexity index is 2050. The van der Waals surface area contributed by atoms with Crippen molar-refractivity contribution in [1.29, 1.82) is 0 Å². The molecule has 2 aromatic heterocycles. The topological polar surface area (TPSA) is 105 Å². The van der Waals surface area contributed by atoms with Crippen molar-refractivity contribution >= 4 is 44.5 Å². The summed E-state index contributed by atoms with van der Waals surface area (Å²) in [6, 6.07) is 12.2. The van der Waals surface area contributed by atoms with Gasteiger partial charge in [-0.25, -0.2) is 23.5 Å². The normalized spacial score (nSPS) is 15.3. The molecular weight excluding hydrogens is 700 g/mol. The van der Waals surface area contributed by atoms with E-state index in [2.05, 4.69) is 20.9 Å². The maximum Gasteiger partial charge on any atom is 0.335 e. The van der Waals surface area contributed by atoms with Gasteiger partial charge in [-0.15, -0.1) is 0 Å². The molecule has 1 N–H and O–H groups in total. The highest BCUT2D eigenvalue weighted by Crippen LogP contribution is 2.42. The minimum absolute atomic E-state index is 0.0602. The first-order valence-corrected chi connectivity index (χ1v) is 16.0. The van der Waals surface area contributed by atoms with Crippen LogP contribution in [-0.2, 0) is 30.7 Å².